The Morgan fingerprint density at radius 1 is 1.30 bits per heavy atom. The lowest BCUT2D eigenvalue weighted by Crippen LogP contribution is -2.35. The van der Waals surface area contributed by atoms with Gasteiger partial charge in [-0.3, -0.25) is 10.1 Å². The Balaban J connectivity index is 2.26. The first kappa shape index (κ1) is 16.9. The number of nitrogens with one attached hydrogen (secondary N) is 1. The lowest BCUT2D eigenvalue weighted by atomic mass is 9.83. The normalized spacial score (nSPS) is 13.4. The molecule has 0 aliphatic carbocycles. The number of aliphatic hydroxyl groups excluding tert-OH is 1. The van der Waals surface area contributed by atoms with Crippen LogP contribution in [0.2, 0.25) is 0 Å². The number of aryl methyl sites for hydroxylation is 1. The van der Waals surface area contributed by atoms with Gasteiger partial charge in [-0.05, 0) is 36.2 Å². The third kappa shape index (κ3) is 3.84. The number of benzene rings is 2. The highest BCUT2D eigenvalue weighted by molar-refractivity contribution is 5.62. The van der Waals surface area contributed by atoms with Crippen molar-refractivity contribution in [3.05, 3.63) is 69.5 Å². The summed E-state index contributed by atoms with van der Waals surface area (Å²) in [7, 11) is 0. The molecule has 0 spiro atoms. The minimum Gasteiger partial charge on any atom is -0.395 e. The number of rotatable bonds is 6. The fourth-order valence-corrected chi connectivity index (χ4v) is 2.35. The van der Waals surface area contributed by atoms with Crippen LogP contribution in [0, 0.1) is 22.9 Å². The van der Waals surface area contributed by atoms with E-state index in [0.29, 0.717) is 11.3 Å². The molecule has 2 rings (SSSR count). The van der Waals surface area contributed by atoms with Crippen molar-refractivity contribution < 1.29 is 14.4 Å². The van der Waals surface area contributed by atoms with Gasteiger partial charge in [-0.15, -0.1) is 0 Å². The summed E-state index contributed by atoms with van der Waals surface area (Å²) in [5.41, 5.74) is 1.00. The SMILES string of the molecule is Cc1ccc(NCC(C)(CO)c2cccc(F)c2)c([N+](=O)[O-])c1. The fourth-order valence-electron chi connectivity index (χ4n) is 2.35. The molecule has 0 saturated carbocycles. The fraction of sp³-hybridized carbons (Fsp3) is 0.294. The van der Waals surface area contributed by atoms with Gasteiger partial charge in [-0.2, -0.15) is 0 Å². The van der Waals surface area contributed by atoms with E-state index < -0.39 is 10.3 Å². The van der Waals surface area contributed by atoms with Crippen LogP contribution >= 0.6 is 0 Å². The van der Waals surface area contributed by atoms with E-state index in [1.54, 1.807) is 38.1 Å². The van der Waals surface area contributed by atoms with Gasteiger partial charge < -0.3 is 10.4 Å². The predicted molar refractivity (Wildman–Crippen MR) is 87.2 cm³/mol. The Bertz CT molecular complexity index is 721. The molecule has 0 fully saturated rings. The summed E-state index contributed by atoms with van der Waals surface area (Å²) in [5.74, 6) is -0.386. The smallest absolute Gasteiger partial charge is 0.292 e. The molecule has 1 unspecified atom stereocenters. The van der Waals surface area contributed by atoms with Crippen LogP contribution in [0.15, 0.2) is 42.5 Å². The van der Waals surface area contributed by atoms with Gasteiger partial charge in [0.15, 0.2) is 0 Å². The molecule has 0 amide bonds. The van der Waals surface area contributed by atoms with E-state index >= 15 is 0 Å². The number of anilines is 1. The van der Waals surface area contributed by atoms with E-state index in [2.05, 4.69) is 5.32 Å². The maximum Gasteiger partial charge on any atom is 0.292 e. The van der Waals surface area contributed by atoms with Crippen LogP contribution in [0.4, 0.5) is 15.8 Å². The van der Waals surface area contributed by atoms with Gasteiger partial charge in [0.25, 0.3) is 5.69 Å². The predicted octanol–water partition coefficient (Wildman–Crippen LogP) is 3.40. The number of hydrogen-bond acceptors (Lipinski definition) is 4. The molecule has 0 aliphatic heterocycles. The quantitative estimate of drug-likeness (QED) is 0.632. The number of hydrogen-bond donors (Lipinski definition) is 2. The van der Waals surface area contributed by atoms with E-state index in [4.69, 9.17) is 0 Å². The van der Waals surface area contributed by atoms with Gasteiger partial charge >= 0.3 is 0 Å². The topological polar surface area (TPSA) is 75.4 Å². The number of nitro groups is 1. The molecular weight excluding hydrogens is 299 g/mol. The highest BCUT2D eigenvalue weighted by atomic mass is 19.1. The first-order valence-electron chi connectivity index (χ1n) is 7.21. The largest absolute Gasteiger partial charge is 0.395 e. The lowest BCUT2D eigenvalue weighted by Gasteiger charge is -2.28. The van der Waals surface area contributed by atoms with E-state index in [1.807, 2.05) is 0 Å². The van der Waals surface area contributed by atoms with Crippen LogP contribution in [-0.2, 0) is 5.41 Å². The summed E-state index contributed by atoms with van der Waals surface area (Å²) >= 11 is 0. The molecule has 0 aromatic heterocycles. The van der Waals surface area contributed by atoms with Gasteiger partial charge in [0.2, 0.25) is 0 Å². The first-order valence-corrected chi connectivity index (χ1v) is 7.21. The van der Waals surface area contributed by atoms with Gasteiger partial charge in [-0.25, -0.2) is 4.39 Å². The molecule has 0 aliphatic rings. The molecule has 0 radical (unpaired) electrons. The van der Waals surface area contributed by atoms with E-state index in [1.165, 1.54) is 18.2 Å². The molecule has 122 valence electrons. The van der Waals surface area contributed by atoms with Crippen LogP contribution in [0.1, 0.15) is 18.1 Å². The summed E-state index contributed by atoms with van der Waals surface area (Å²) in [6, 6.07) is 10.9. The zero-order chi connectivity index (χ0) is 17.0. The standard InChI is InChI=1S/C17H19FN2O3/c1-12-6-7-15(16(8-12)20(22)23)19-10-17(2,11-21)13-4-3-5-14(18)9-13/h3-9,19,21H,10-11H2,1-2H3. The number of halogens is 1. The summed E-state index contributed by atoms with van der Waals surface area (Å²) in [4.78, 5) is 10.7. The first-order chi connectivity index (χ1) is 10.9. The third-order valence-electron chi connectivity index (χ3n) is 3.89. The molecule has 2 aromatic rings. The van der Waals surface area contributed by atoms with Crippen molar-refractivity contribution >= 4 is 11.4 Å². The summed E-state index contributed by atoms with van der Waals surface area (Å²) in [6.07, 6.45) is 0. The number of aliphatic hydroxyl groups is 1. The van der Waals surface area contributed by atoms with Crippen LogP contribution in [0.25, 0.3) is 0 Å². The van der Waals surface area contributed by atoms with Gasteiger partial charge in [-0.1, -0.05) is 25.1 Å². The Hall–Kier alpha value is -2.47. The van der Waals surface area contributed by atoms with Crippen molar-refractivity contribution in [3.63, 3.8) is 0 Å². The monoisotopic (exact) mass is 318 g/mol. The molecule has 0 saturated heterocycles. The Kier molecular flexibility index (Phi) is 4.95. The zero-order valence-electron chi connectivity index (χ0n) is 13.0. The Morgan fingerprint density at radius 2 is 2.04 bits per heavy atom. The molecule has 2 N–H and O–H groups in total. The van der Waals surface area contributed by atoms with Crippen LogP contribution < -0.4 is 5.32 Å². The van der Waals surface area contributed by atoms with E-state index in [-0.39, 0.29) is 24.7 Å². The molecule has 6 heteroatoms. The van der Waals surface area contributed by atoms with Crippen molar-refractivity contribution in [2.45, 2.75) is 19.3 Å². The maximum atomic E-state index is 13.4. The van der Waals surface area contributed by atoms with Crippen molar-refractivity contribution in [2.24, 2.45) is 0 Å². The van der Waals surface area contributed by atoms with Gasteiger partial charge in [0.1, 0.15) is 11.5 Å². The minimum absolute atomic E-state index is 0.0236. The van der Waals surface area contributed by atoms with E-state index in [9.17, 15) is 19.6 Å². The molecule has 23 heavy (non-hydrogen) atoms. The summed E-state index contributed by atoms with van der Waals surface area (Å²) in [6.45, 7) is 3.57. The molecule has 2 aromatic carbocycles. The lowest BCUT2D eigenvalue weighted by molar-refractivity contribution is -0.384. The summed E-state index contributed by atoms with van der Waals surface area (Å²) in [5, 5.41) is 23.9. The second-order valence-corrected chi connectivity index (χ2v) is 5.86. The van der Waals surface area contributed by atoms with Gasteiger partial charge in [0.05, 0.1) is 11.5 Å². The second kappa shape index (κ2) is 6.75. The Labute approximate surface area is 133 Å². The van der Waals surface area contributed by atoms with E-state index in [0.717, 1.165) is 5.56 Å². The molecule has 1 atom stereocenters. The van der Waals surface area contributed by atoms with Crippen LogP contribution in [0.3, 0.4) is 0 Å². The maximum absolute atomic E-state index is 13.4. The van der Waals surface area contributed by atoms with Crippen molar-refractivity contribution in [2.75, 3.05) is 18.5 Å². The third-order valence-corrected chi connectivity index (χ3v) is 3.89. The van der Waals surface area contributed by atoms with Crippen LogP contribution in [-0.4, -0.2) is 23.2 Å². The molecular formula is C17H19FN2O3. The summed E-state index contributed by atoms with van der Waals surface area (Å²) < 4.78 is 13.4. The van der Waals surface area contributed by atoms with Crippen LogP contribution in [0.5, 0.6) is 0 Å². The molecule has 0 bridgehead atoms. The van der Waals surface area contributed by atoms with Crippen molar-refractivity contribution in [1.29, 1.82) is 0 Å². The Morgan fingerprint density at radius 3 is 2.65 bits per heavy atom. The minimum atomic E-state index is -0.763. The zero-order valence-corrected chi connectivity index (χ0v) is 13.0. The highest BCUT2D eigenvalue weighted by Crippen LogP contribution is 2.29. The number of nitro benzene ring substituents is 1. The van der Waals surface area contributed by atoms with Gasteiger partial charge in [0, 0.05) is 18.0 Å². The average Bonchev–Trinajstić information content (AvgIpc) is 2.53. The van der Waals surface area contributed by atoms with Crippen molar-refractivity contribution in [3.8, 4) is 0 Å². The molecule has 0 heterocycles. The highest BCUT2D eigenvalue weighted by Gasteiger charge is 2.27. The average molecular weight is 318 g/mol. The second-order valence-electron chi connectivity index (χ2n) is 5.86. The van der Waals surface area contributed by atoms with Crippen molar-refractivity contribution in [1.82, 2.24) is 0 Å². The number of nitrogens with zero attached hydrogens (tertiary/aromatic N) is 1. The molecule has 5 nitrogen and oxygen atoms in total.